The van der Waals surface area contributed by atoms with Gasteiger partial charge in [0.2, 0.25) is 0 Å². The van der Waals surface area contributed by atoms with E-state index in [0.717, 1.165) is 16.3 Å². The standard InChI is InChI=1S/C15H11ClF2N2S/c1-8(9-4-10(17)6-11(18)5-9)20-14-12(16)2-3-13-15(14)19-7-21-13/h2-8,20H,1H3. The van der Waals surface area contributed by atoms with Crippen LogP contribution in [0.1, 0.15) is 18.5 Å². The summed E-state index contributed by atoms with van der Waals surface area (Å²) in [5.41, 5.74) is 3.68. The van der Waals surface area contributed by atoms with Crippen molar-refractivity contribution in [1.82, 2.24) is 4.98 Å². The van der Waals surface area contributed by atoms with Crippen LogP contribution in [0.3, 0.4) is 0 Å². The van der Waals surface area contributed by atoms with Gasteiger partial charge in [0, 0.05) is 12.1 Å². The predicted molar refractivity (Wildman–Crippen MR) is 83.0 cm³/mol. The van der Waals surface area contributed by atoms with Gasteiger partial charge in [0.15, 0.2) is 0 Å². The zero-order valence-corrected chi connectivity index (χ0v) is 12.6. The summed E-state index contributed by atoms with van der Waals surface area (Å²) in [7, 11) is 0. The van der Waals surface area contributed by atoms with Crippen LogP contribution < -0.4 is 5.32 Å². The molecule has 0 radical (unpaired) electrons. The van der Waals surface area contributed by atoms with Gasteiger partial charge in [-0.25, -0.2) is 13.8 Å². The molecule has 0 amide bonds. The van der Waals surface area contributed by atoms with Crippen molar-refractivity contribution in [1.29, 1.82) is 0 Å². The molecule has 1 heterocycles. The highest BCUT2D eigenvalue weighted by Gasteiger charge is 2.14. The van der Waals surface area contributed by atoms with Gasteiger partial charge in [0.05, 0.1) is 20.9 Å². The zero-order valence-electron chi connectivity index (χ0n) is 11.0. The Labute approximate surface area is 129 Å². The molecule has 3 rings (SSSR count). The second kappa shape index (κ2) is 5.58. The van der Waals surface area contributed by atoms with Gasteiger partial charge in [-0.05, 0) is 36.8 Å². The Morgan fingerprint density at radius 3 is 2.62 bits per heavy atom. The minimum atomic E-state index is -0.600. The lowest BCUT2D eigenvalue weighted by Gasteiger charge is -2.17. The molecule has 6 heteroatoms. The molecule has 3 aromatic rings. The smallest absolute Gasteiger partial charge is 0.126 e. The summed E-state index contributed by atoms with van der Waals surface area (Å²) in [4.78, 5) is 4.28. The topological polar surface area (TPSA) is 24.9 Å². The summed E-state index contributed by atoms with van der Waals surface area (Å²) in [6.07, 6.45) is 0. The van der Waals surface area contributed by atoms with Crippen LogP contribution in [-0.2, 0) is 0 Å². The van der Waals surface area contributed by atoms with Crippen LogP contribution in [-0.4, -0.2) is 4.98 Å². The molecule has 0 aliphatic rings. The van der Waals surface area contributed by atoms with Gasteiger partial charge in [-0.15, -0.1) is 11.3 Å². The third-order valence-corrected chi connectivity index (χ3v) is 4.31. The van der Waals surface area contributed by atoms with E-state index < -0.39 is 11.6 Å². The molecule has 0 aliphatic heterocycles. The quantitative estimate of drug-likeness (QED) is 0.697. The fraction of sp³-hybridized carbons (Fsp3) is 0.133. The van der Waals surface area contributed by atoms with Crippen molar-refractivity contribution in [3.05, 3.63) is 58.1 Å². The number of anilines is 1. The first-order valence-electron chi connectivity index (χ1n) is 6.29. The van der Waals surface area contributed by atoms with E-state index in [1.807, 2.05) is 13.0 Å². The number of nitrogens with one attached hydrogen (secondary N) is 1. The second-order valence-electron chi connectivity index (χ2n) is 4.69. The Kier molecular flexibility index (Phi) is 3.78. The van der Waals surface area contributed by atoms with E-state index in [0.29, 0.717) is 16.3 Å². The highest BCUT2D eigenvalue weighted by atomic mass is 35.5. The van der Waals surface area contributed by atoms with E-state index in [2.05, 4.69) is 10.3 Å². The van der Waals surface area contributed by atoms with E-state index in [1.165, 1.54) is 23.5 Å². The average molecular weight is 325 g/mol. The van der Waals surface area contributed by atoms with Gasteiger partial charge in [-0.2, -0.15) is 0 Å². The molecule has 0 fully saturated rings. The molecule has 108 valence electrons. The molecule has 1 N–H and O–H groups in total. The van der Waals surface area contributed by atoms with Gasteiger partial charge < -0.3 is 5.32 Å². The van der Waals surface area contributed by atoms with E-state index in [-0.39, 0.29) is 6.04 Å². The molecule has 2 aromatic carbocycles. The van der Waals surface area contributed by atoms with Gasteiger partial charge >= 0.3 is 0 Å². The molecule has 2 nitrogen and oxygen atoms in total. The second-order valence-corrected chi connectivity index (χ2v) is 5.98. The SMILES string of the molecule is CC(Nc1c(Cl)ccc2scnc12)c1cc(F)cc(F)c1. The summed E-state index contributed by atoms with van der Waals surface area (Å²) in [5.74, 6) is -1.20. The van der Waals surface area contributed by atoms with Gasteiger partial charge in [-0.1, -0.05) is 11.6 Å². The monoisotopic (exact) mass is 324 g/mol. The normalized spacial score (nSPS) is 12.6. The highest BCUT2D eigenvalue weighted by Crippen LogP contribution is 2.34. The minimum absolute atomic E-state index is 0.306. The van der Waals surface area contributed by atoms with Crippen molar-refractivity contribution < 1.29 is 8.78 Å². The third kappa shape index (κ3) is 2.84. The Morgan fingerprint density at radius 1 is 1.19 bits per heavy atom. The number of fused-ring (bicyclic) bond motifs is 1. The average Bonchev–Trinajstić information content (AvgIpc) is 2.89. The molecule has 0 spiro atoms. The first kappa shape index (κ1) is 14.2. The fourth-order valence-corrected chi connectivity index (χ4v) is 3.06. The minimum Gasteiger partial charge on any atom is -0.376 e. The van der Waals surface area contributed by atoms with Crippen LogP contribution in [0.2, 0.25) is 5.02 Å². The molecule has 0 aliphatic carbocycles. The largest absolute Gasteiger partial charge is 0.376 e. The maximum atomic E-state index is 13.3. The number of aromatic nitrogens is 1. The van der Waals surface area contributed by atoms with Gasteiger partial charge in [-0.3, -0.25) is 0 Å². The molecular weight excluding hydrogens is 314 g/mol. The number of benzene rings is 2. The van der Waals surface area contributed by atoms with Crippen molar-refractivity contribution in [3.8, 4) is 0 Å². The maximum Gasteiger partial charge on any atom is 0.126 e. The number of thiazole rings is 1. The lowest BCUT2D eigenvalue weighted by atomic mass is 10.1. The van der Waals surface area contributed by atoms with Crippen LogP contribution in [0.25, 0.3) is 10.2 Å². The highest BCUT2D eigenvalue weighted by molar-refractivity contribution is 7.16. The number of halogens is 3. The Balaban J connectivity index is 1.97. The Morgan fingerprint density at radius 2 is 1.90 bits per heavy atom. The number of hydrogen-bond acceptors (Lipinski definition) is 3. The first-order valence-corrected chi connectivity index (χ1v) is 7.54. The van der Waals surface area contributed by atoms with Crippen molar-refractivity contribution in [2.45, 2.75) is 13.0 Å². The Hall–Kier alpha value is -1.72. The molecule has 21 heavy (non-hydrogen) atoms. The molecule has 1 unspecified atom stereocenters. The molecule has 1 atom stereocenters. The van der Waals surface area contributed by atoms with Gasteiger partial charge in [0.1, 0.15) is 17.2 Å². The molecule has 0 saturated heterocycles. The van der Waals surface area contributed by atoms with Crippen LogP contribution >= 0.6 is 22.9 Å². The summed E-state index contributed by atoms with van der Waals surface area (Å²) in [5, 5.41) is 3.71. The molecule has 1 aromatic heterocycles. The van der Waals surface area contributed by atoms with Crippen LogP contribution in [0.4, 0.5) is 14.5 Å². The van der Waals surface area contributed by atoms with Crippen molar-refractivity contribution in [3.63, 3.8) is 0 Å². The third-order valence-electron chi connectivity index (χ3n) is 3.20. The Bertz CT molecular complexity index is 783. The zero-order chi connectivity index (χ0) is 15.0. The first-order chi connectivity index (χ1) is 10.0. The summed E-state index contributed by atoms with van der Waals surface area (Å²) >= 11 is 7.72. The van der Waals surface area contributed by atoms with E-state index in [9.17, 15) is 8.78 Å². The van der Waals surface area contributed by atoms with Gasteiger partial charge in [0.25, 0.3) is 0 Å². The maximum absolute atomic E-state index is 13.3. The number of nitrogens with zero attached hydrogens (tertiary/aromatic N) is 1. The number of hydrogen-bond donors (Lipinski definition) is 1. The molecule has 0 bridgehead atoms. The summed E-state index contributed by atoms with van der Waals surface area (Å²) < 4.78 is 27.6. The summed E-state index contributed by atoms with van der Waals surface area (Å²) in [6, 6.07) is 6.83. The predicted octanol–water partition coefficient (Wildman–Crippen LogP) is 5.40. The van der Waals surface area contributed by atoms with Crippen LogP contribution in [0.15, 0.2) is 35.8 Å². The van der Waals surface area contributed by atoms with E-state index >= 15 is 0 Å². The number of rotatable bonds is 3. The van der Waals surface area contributed by atoms with Crippen LogP contribution in [0, 0.1) is 11.6 Å². The van der Waals surface area contributed by atoms with E-state index in [1.54, 1.807) is 11.6 Å². The fourth-order valence-electron chi connectivity index (χ4n) is 2.17. The van der Waals surface area contributed by atoms with Crippen molar-refractivity contribution in [2.75, 3.05) is 5.32 Å². The molecule has 0 saturated carbocycles. The summed E-state index contributed by atoms with van der Waals surface area (Å²) in [6.45, 7) is 1.82. The lowest BCUT2D eigenvalue weighted by Crippen LogP contribution is -2.08. The van der Waals surface area contributed by atoms with Crippen molar-refractivity contribution >= 4 is 38.8 Å². The van der Waals surface area contributed by atoms with E-state index in [4.69, 9.17) is 11.6 Å². The van der Waals surface area contributed by atoms with Crippen molar-refractivity contribution in [2.24, 2.45) is 0 Å². The molecular formula is C15H11ClF2N2S. The van der Waals surface area contributed by atoms with Crippen LogP contribution in [0.5, 0.6) is 0 Å². The lowest BCUT2D eigenvalue weighted by molar-refractivity contribution is 0.577.